The van der Waals surface area contributed by atoms with Gasteiger partial charge in [-0.15, -0.1) is 0 Å². The van der Waals surface area contributed by atoms with Crippen LogP contribution in [-0.2, 0) is 22.9 Å². The topological polar surface area (TPSA) is 80.0 Å². The van der Waals surface area contributed by atoms with Crippen molar-refractivity contribution in [2.24, 2.45) is 5.90 Å². The summed E-state index contributed by atoms with van der Waals surface area (Å²) in [6.07, 6.45) is 7.40. The summed E-state index contributed by atoms with van der Waals surface area (Å²) in [5.74, 6) is 4.51. The fourth-order valence-corrected chi connectivity index (χ4v) is 4.51. The summed E-state index contributed by atoms with van der Waals surface area (Å²) in [4.78, 5) is 16.4. The van der Waals surface area contributed by atoms with Gasteiger partial charge >= 0.3 is 14.8 Å². The van der Waals surface area contributed by atoms with Gasteiger partial charge < -0.3 is 18.1 Å². The maximum atomic E-state index is 12.0. The molecule has 0 aliphatic heterocycles. The van der Waals surface area contributed by atoms with Crippen LogP contribution in [0, 0.1) is 0 Å². The van der Waals surface area contributed by atoms with Crippen molar-refractivity contribution in [2.45, 2.75) is 58.8 Å². The number of hydrogen-bond acceptors (Lipinski definition) is 6. The Hall–Kier alpha value is -0.733. The van der Waals surface area contributed by atoms with Crippen LogP contribution in [0.4, 0.5) is 0 Å². The molecule has 0 atom stereocenters. The van der Waals surface area contributed by atoms with Crippen LogP contribution in [0.3, 0.4) is 0 Å². The molecule has 130 valence electrons. The van der Waals surface area contributed by atoms with Crippen molar-refractivity contribution in [1.82, 2.24) is 0 Å². The molecule has 0 amide bonds. The third kappa shape index (κ3) is 6.17. The van der Waals surface area contributed by atoms with Gasteiger partial charge in [-0.1, -0.05) is 39.0 Å². The molecule has 0 spiro atoms. The zero-order valence-electron chi connectivity index (χ0n) is 14.6. The fraction of sp³-hybridized carbons (Fsp3) is 0.800. The Morgan fingerprint density at radius 1 is 0.955 bits per heavy atom. The lowest BCUT2D eigenvalue weighted by Gasteiger charge is -2.26. The van der Waals surface area contributed by atoms with Crippen LogP contribution in [0.25, 0.3) is 0 Å². The zero-order valence-corrected chi connectivity index (χ0v) is 15.6. The van der Waals surface area contributed by atoms with E-state index in [1.165, 1.54) is 47.0 Å². The predicted octanol–water partition coefficient (Wildman–Crippen LogP) is 2.89. The van der Waals surface area contributed by atoms with Gasteiger partial charge in [-0.25, -0.2) is 4.79 Å². The van der Waals surface area contributed by atoms with Crippen LogP contribution in [-0.4, -0.2) is 36.1 Å². The van der Waals surface area contributed by atoms with Crippen LogP contribution in [0.5, 0.6) is 0 Å². The van der Waals surface area contributed by atoms with Gasteiger partial charge in [-0.05, 0) is 19.8 Å². The number of nitrogens with two attached hydrogens (primary N) is 1. The maximum absolute atomic E-state index is 12.0. The number of carbonyl (C=O) groups is 1. The van der Waals surface area contributed by atoms with E-state index >= 15 is 0 Å². The summed E-state index contributed by atoms with van der Waals surface area (Å²) in [6.45, 7) is 3.97. The molecular weight excluding hydrogens is 302 g/mol. The first-order chi connectivity index (χ1) is 10.5. The van der Waals surface area contributed by atoms with Crippen LogP contribution in [0.2, 0.25) is 0 Å². The molecule has 2 N–H and O–H groups in total. The van der Waals surface area contributed by atoms with E-state index in [0.29, 0.717) is 17.2 Å². The van der Waals surface area contributed by atoms with E-state index in [2.05, 4.69) is 11.8 Å². The minimum Gasteiger partial charge on any atom is -0.374 e. The Morgan fingerprint density at radius 3 is 1.91 bits per heavy atom. The molecule has 0 unspecified atom stereocenters. The van der Waals surface area contributed by atoms with Gasteiger partial charge in [0.15, 0.2) is 0 Å². The second-order valence-electron chi connectivity index (χ2n) is 5.20. The van der Waals surface area contributed by atoms with E-state index in [-0.39, 0.29) is 0 Å². The standard InChI is InChI=1S/C15H31NO5Si/c1-6-7-8-9-10-11-12-14(15(17)21-16)13(2)22(18-3,19-4)20-5/h6-12,16H2,1-5H3. The number of unbranched alkanes of at least 4 members (excludes halogenated alkanes) is 5. The first kappa shape index (κ1) is 21.3. The number of rotatable bonds is 12. The van der Waals surface area contributed by atoms with Gasteiger partial charge in [-0.3, -0.25) is 0 Å². The zero-order chi connectivity index (χ0) is 17.0. The highest BCUT2D eigenvalue weighted by Gasteiger charge is 2.43. The molecule has 0 aromatic rings. The Labute approximate surface area is 135 Å². The lowest BCUT2D eigenvalue weighted by Crippen LogP contribution is -2.46. The lowest BCUT2D eigenvalue weighted by atomic mass is 10.0. The van der Waals surface area contributed by atoms with Gasteiger partial charge in [0.05, 0.1) is 0 Å². The molecule has 0 aromatic carbocycles. The highest BCUT2D eigenvalue weighted by Crippen LogP contribution is 2.25. The second kappa shape index (κ2) is 11.8. The van der Waals surface area contributed by atoms with Crippen LogP contribution < -0.4 is 5.90 Å². The van der Waals surface area contributed by atoms with E-state index in [4.69, 9.17) is 19.2 Å². The summed E-state index contributed by atoms with van der Waals surface area (Å²) < 4.78 is 16.3. The summed E-state index contributed by atoms with van der Waals surface area (Å²) in [7, 11) is 1.52. The monoisotopic (exact) mass is 333 g/mol. The Kier molecular flexibility index (Phi) is 11.4. The predicted molar refractivity (Wildman–Crippen MR) is 87.8 cm³/mol. The van der Waals surface area contributed by atoms with E-state index in [9.17, 15) is 4.79 Å². The molecule has 0 radical (unpaired) electrons. The van der Waals surface area contributed by atoms with Crippen molar-refractivity contribution in [3.8, 4) is 0 Å². The van der Waals surface area contributed by atoms with Gasteiger partial charge in [0, 0.05) is 32.1 Å². The number of hydrogen-bond donors (Lipinski definition) is 1. The summed E-state index contributed by atoms with van der Waals surface area (Å²) in [5.41, 5.74) is 0.496. The van der Waals surface area contributed by atoms with Gasteiger partial charge in [0.1, 0.15) is 0 Å². The Balaban J connectivity index is 4.95. The highest BCUT2D eigenvalue weighted by atomic mass is 28.4. The van der Waals surface area contributed by atoms with Crippen molar-refractivity contribution in [1.29, 1.82) is 0 Å². The van der Waals surface area contributed by atoms with Crippen molar-refractivity contribution in [2.75, 3.05) is 21.3 Å². The summed E-state index contributed by atoms with van der Waals surface area (Å²) in [5, 5.41) is 0.656. The van der Waals surface area contributed by atoms with E-state index in [0.717, 1.165) is 12.8 Å². The second-order valence-corrected chi connectivity index (χ2v) is 8.28. The fourth-order valence-electron chi connectivity index (χ4n) is 2.49. The minimum atomic E-state index is -3.02. The molecule has 7 heteroatoms. The summed E-state index contributed by atoms with van der Waals surface area (Å²) in [6, 6.07) is 0. The summed E-state index contributed by atoms with van der Waals surface area (Å²) >= 11 is 0. The third-order valence-electron chi connectivity index (χ3n) is 3.85. The molecule has 0 rings (SSSR count). The molecule has 0 aromatic heterocycles. The third-order valence-corrected chi connectivity index (χ3v) is 6.68. The molecule has 22 heavy (non-hydrogen) atoms. The molecule has 0 aliphatic rings. The smallest absolute Gasteiger partial charge is 0.374 e. The van der Waals surface area contributed by atoms with Crippen LogP contribution in [0.15, 0.2) is 10.8 Å². The van der Waals surface area contributed by atoms with Crippen molar-refractivity contribution in [3.05, 3.63) is 10.8 Å². The molecule has 0 fully saturated rings. The quantitative estimate of drug-likeness (QED) is 0.256. The molecule has 6 nitrogen and oxygen atoms in total. The minimum absolute atomic E-state index is 0.496. The van der Waals surface area contributed by atoms with Crippen LogP contribution in [0.1, 0.15) is 58.8 Å². The molecule has 0 saturated carbocycles. The first-order valence-electron chi connectivity index (χ1n) is 7.79. The van der Waals surface area contributed by atoms with Crippen molar-refractivity contribution < 1.29 is 22.9 Å². The molecular formula is C15H31NO5Si. The van der Waals surface area contributed by atoms with Gasteiger partial charge in [0.25, 0.3) is 0 Å². The Morgan fingerprint density at radius 2 is 1.45 bits per heavy atom. The van der Waals surface area contributed by atoms with Crippen molar-refractivity contribution in [3.63, 3.8) is 0 Å². The number of allylic oxidation sites excluding steroid dienone is 1. The average Bonchev–Trinajstić information content (AvgIpc) is 2.55. The van der Waals surface area contributed by atoms with Crippen molar-refractivity contribution >= 4 is 14.8 Å². The Bertz CT molecular complexity index is 348. The number of carbonyl (C=O) groups excluding carboxylic acids is 1. The maximum Gasteiger partial charge on any atom is 0.532 e. The van der Waals surface area contributed by atoms with E-state index in [1.807, 2.05) is 0 Å². The lowest BCUT2D eigenvalue weighted by molar-refractivity contribution is -0.139. The molecule has 0 aliphatic carbocycles. The first-order valence-corrected chi connectivity index (χ1v) is 9.52. The molecule has 0 heterocycles. The highest BCUT2D eigenvalue weighted by molar-refractivity contribution is 6.69. The van der Waals surface area contributed by atoms with E-state index < -0.39 is 14.8 Å². The van der Waals surface area contributed by atoms with Gasteiger partial charge in [0.2, 0.25) is 0 Å². The average molecular weight is 334 g/mol. The SMILES string of the molecule is CCCCCCCCC(C(=O)ON)=C(C)[Si](OC)(OC)OC. The van der Waals surface area contributed by atoms with Crippen LogP contribution >= 0.6 is 0 Å². The molecule has 0 bridgehead atoms. The van der Waals surface area contributed by atoms with E-state index in [1.54, 1.807) is 6.92 Å². The molecule has 0 saturated heterocycles. The van der Waals surface area contributed by atoms with Gasteiger partial charge in [-0.2, -0.15) is 5.90 Å². The largest absolute Gasteiger partial charge is 0.532 e. The normalized spacial score (nSPS) is 13.0.